The van der Waals surface area contributed by atoms with Crippen LogP contribution >= 0.6 is 0 Å². The van der Waals surface area contributed by atoms with E-state index in [1.807, 2.05) is 24.3 Å². The molecule has 2 N–H and O–H groups in total. The Morgan fingerprint density at radius 1 is 0.717 bits per heavy atom. The average Bonchev–Trinajstić information content (AvgIpc) is 2.96. The maximum absolute atomic E-state index is 10.3. The van der Waals surface area contributed by atoms with E-state index < -0.39 is 20.0 Å². The minimum Gasteiger partial charge on any atom is -0.481 e. The molecular weight excluding hydrogens is 601 g/mol. The highest BCUT2D eigenvalue weighted by atomic mass is 28.3. The molecule has 46 heavy (non-hydrogen) atoms. The van der Waals surface area contributed by atoms with Crippen LogP contribution in [-0.4, -0.2) is 39.0 Å². The van der Waals surface area contributed by atoms with Gasteiger partial charge in [-0.1, -0.05) is 191 Å². The first-order chi connectivity index (χ1) is 21.2. The van der Waals surface area contributed by atoms with E-state index in [-0.39, 0.29) is 16.2 Å². The number of carboxylic acid groups (broad SMARTS) is 2. The number of allylic oxidation sites excluding steroid dienone is 1. The Morgan fingerprint density at radius 3 is 1.35 bits per heavy atom. The molecule has 0 saturated heterocycles. The van der Waals surface area contributed by atoms with Crippen LogP contribution in [0.5, 0.6) is 0 Å². The number of aryl methyl sites for hydroxylation is 1. The molecule has 0 aromatic heterocycles. The van der Waals surface area contributed by atoms with Crippen molar-refractivity contribution in [3.8, 4) is 0 Å². The third kappa shape index (κ3) is 44.5. The second-order valence-corrected chi connectivity index (χ2v) is 23.8. The lowest BCUT2D eigenvalue weighted by molar-refractivity contribution is -0.138. The topological polar surface area (TPSA) is 74.6 Å². The normalized spacial score (nSPS) is 10.5. The largest absolute Gasteiger partial charge is 0.481 e. The molecule has 0 aliphatic carbocycles. The maximum Gasteiger partial charge on any atom is 0.303 e. The van der Waals surface area contributed by atoms with Crippen LogP contribution in [0.15, 0.2) is 43.0 Å². The second kappa shape index (κ2) is 36.2. The summed E-state index contributed by atoms with van der Waals surface area (Å²) in [5.41, 5.74) is 3.22. The van der Waals surface area contributed by atoms with E-state index in [9.17, 15) is 9.59 Å². The van der Waals surface area contributed by atoms with Gasteiger partial charge in [-0.25, -0.2) is 0 Å². The molecule has 0 spiro atoms. The molecule has 0 aliphatic rings. The van der Waals surface area contributed by atoms with Gasteiger partial charge in [0.25, 0.3) is 0 Å². The summed E-state index contributed by atoms with van der Waals surface area (Å²) in [4.78, 5) is 20.5. The van der Waals surface area contributed by atoms with Crippen molar-refractivity contribution in [3.05, 3.63) is 48.6 Å². The summed E-state index contributed by atoms with van der Waals surface area (Å²) in [6, 6.07) is 11.7. The molecule has 0 aliphatic heterocycles. The molecule has 0 fully saturated rings. The van der Waals surface area contributed by atoms with Crippen LogP contribution in [0.1, 0.15) is 150 Å². The lowest BCUT2D eigenvalue weighted by Gasteiger charge is -2.26. The third-order valence-electron chi connectivity index (χ3n) is 8.85. The minimum atomic E-state index is -0.933. The fraction of sp³-hybridized carbons (Fsp3) is 0.750. The number of aliphatic carboxylic acids is 2. The smallest absolute Gasteiger partial charge is 0.303 e. The Kier molecular flexibility index (Phi) is 40.2. The SMILES string of the molecule is C.C=CCCCCCCCCC(=O)O.CC(C)[SiH](C)C.CC(C)[Si](C)(C)CCCCCCCCCCC(=O)O.Cc1ccccc1. The molecule has 0 amide bonds. The Labute approximate surface area is 290 Å². The summed E-state index contributed by atoms with van der Waals surface area (Å²) in [5.74, 6) is -1.33. The molecule has 0 saturated carbocycles. The van der Waals surface area contributed by atoms with Gasteiger partial charge in [0.05, 0.1) is 0 Å². The summed E-state index contributed by atoms with van der Waals surface area (Å²) in [5, 5.41) is 16.9. The minimum absolute atomic E-state index is 0. The van der Waals surface area contributed by atoms with Crippen molar-refractivity contribution in [3.63, 3.8) is 0 Å². The molecule has 4 nitrogen and oxygen atoms in total. The number of carboxylic acids is 2. The van der Waals surface area contributed by atoms with Gasteiger partial charge in [-0.3, -0.25) is 9.59 Å². The average molecular weight is 681 g/mol. The molecule has 0 radical (unpaired) electrons. The first-order valence-electron chi connectivity index (χ1n) is 18.2. The van der Waals surface area contributed by atoms with Gasteiger partial charge in [0.15, 0.2) is 0 Å². The van der Waals surface area contributed by atoms with E-state index >= 15 is 0 Å². The molecule has 272 valence electrons. The number of carbonyl (C=O) groups is 2. The molecule has 1 aromatic carbocycles. The Bertz CT molecular complexity index is 786. The second-order valence-electron chi connectivity index (χ2n) is 14.4. The van der Waals surface area contributed by atoms with E-state index in [1.54, 1.807) is 0 Å². The molecule has 1 rings (SSSR count). The summed E-state index contributed by atoms with van der Waals surface area (Å²) < 4.78 is 0. The van der Waals surface area contributed by atoms with Crippen LogP contribution in [-0.2, 0) is 9.59 Å². The van der Waals surface area contributed by atoms with Gasteiger partial charge in [-0.05, 0) is 32.6 Å². The van der Waals surface area contributed by atoms with Gasteiger partial charge < -0.3 is 10.2 Å². The number of rotatable bonds is 22. The monoisotopic (exact) mass is 681 g/mol. The zero-order valence-corrected chi connectivity index (χ0v) is 33.5. The number of hydrogen-bond acceptors (Lipinski definition) is 2. The quantitative estimate of drug-likeness (QED) is 0.0726. The van der Waals surface area contributed by atoms with Gasteiger partial charge >= 0.3 is 11.9 Å². The summed E-state index contributed by atoms with van der Waals surface area (Å²) in [6.45, 7) is 24.9. The van der Waals surface area contributed by atoms with Crippen LogP contribution in [0.25, 0.3) is 0 Å². The lowest BCUT2D eigenvalue weighted by atomic mass is 10.1. The molecular formula is C40H80O4Si2. The summed E-state index contributed by atoms with van der Waals surface area (Å²) in [6.07, 6.45) is 20.4. The predicted octanol–water partition coefficient (Wildman–Crippen LogP) is 13.6. The lowest BCUT2D eigenvalue weighted by Crippen LogP contribution is -2.28. The Hall–Kier alpha value is -1.67. The standard InChI is InChI=1S/C16H34O2Si.C11H20O2.C7H8.C5H14Si.CH4/c1-15(2)19(3,4)14-12-10-8-6-5-7-9-11-13-16(17)18;1-2-3-4-5-6-7-8-9-10-11(12)13;1-7-5-3-2-4-6-7;1-5(2)6(3)4;/h15H,5-14H2,1-4H3,(H,17,18);2H,1,3-10H2,(H,12,13);2-6H,1H3;5-6H,1-4H3;1H4. The van der Waals surface area contributed by atoms with Gasteiger partial charge in [0.1, 0.15) is 0 Å². The van der Waals surface area contributed by atoms with Crippen molar-refractivity contribution in [1.82, 2.24) is 0 Å². The number of hydrogen-bond donors (Lipinski definition) is 2. The van der Waals surface area contributed by atoms with E-state index in [2.05, 4.69) is 79.5 Å². The van der Waals surface area contributed by atoms with Crippen molar-refractivity contribution in [1.29, 1.82) is 0 Å². The highest BCUT2D eigenvalue weighted by Crippen LogP contribution is 2.27. The van der Waals surface area contributed by atoms with Crippen LogP contribution in [0.3, 0.4) is 0 Å². The van der Waals surface area contributed by atoms with Crippen LogP contribution in [0.2, 0.25) is 43.3 Å². The Morgan fingerprint density at radius 2 is 1.07 bits per heavy atom. The third-order valence-corrected chi connectivity index (χ3v) is 16.3. The molecule has 0 bridgehead atoms. The predicted molar refractivity (Wildman–Crippen MR) is 213 cm³/mol. The Balaban J connectivity index is -0.000000280. The summed E-state index contributed by atoms with van der Waals surface area (Å²) in [7, 11) is -1.18. The molecule has 0 atom stereocenters. The van der Waals surface area contributed by atoms with Crippen LogP contribution in [0.4, 0.5) is 0 Å². The summed E-state index contributed by atoms with van der Waals surface area (Å²) >= 11 is 0. The van der Waals surface area contributed by atoms with Crippen molar-refractivity contribution in [2.75, 3.05) is 0 Å². The van der Waals surface area contributed by atoms with Crippen molar-refractivity contribution in [2.45, 2.75) is 195 Å². The van der Waals surface area contributed by atoms with Crippen molar-refractivity contribution < 1.29 is 19.8 Å². The van der Waals surface area contributed by atoms with E-state index in [4.69, 9.17) is 10.2 Å². The van der Waals surface area contributed by atoms with Gasteiger partial charge in [-0.2, -0.15) is 0 Å². The fourth-order valence-corrected chi connectivity index (χ4v) is 5.75. The van der Waals surface area contributed by atoms with Crippen molar-refractivity contribution in [2.24, 2.45) is 0 Å². The zero-order chi connectivity index (χ0) is 34.9. The molecule has 1 aromatic rings. The molecule has 0 heterocycles. The number of benzene rings is 1. The first kappa shape index (κ1) is 51.2. The zero-order valence-electron chi connectivity index (χ0n) is 31.3. The highest BCUT2D eigenvalue weighted by molar-refractivity contribution is 6.78. The number of unbranched alkanes of at least 4 members (excludes halogenated alkanes) is 13. The van der Waals surface area contributed by atoms with Crippen LogP contribution < -0.4 is 0 Å². The maximum atomic E-state index is 10.3. The van der Waals surface area contributed by atoms with Gasteiger partial charge in [0, 0.05) is 29.7 Å². The van der Waals surface area contributed by atoms with E-state index in [0.29, 0.717) is 12.8 Å². The van der Waals surface area contributed by atoms with Gasteiger partial charge in [0.2, 0.25) is 0 Å². The van der Waals surface area contributed by atoms with Gasteiger partial charge in [-0.15, -0.1) is 6.58 Å². The van der Waals surface area contributed by atoms with Crippen molar-refractivity contribution >= 4 is 28.8 Å². The molecule has 6 heteroatoms. The first-order valence-corrected chi connectivity index (χ1v) is 24.5. The highest BCUT2D eigenvalue weighted by Gasteiger charge is 2.23. The molecule has 0 unspecified atom stereocenters. The van der Waals surface area contributed by atoms with E-state index in [1.165, 1.54) is 75.8 Å². The fourth-order valence-electron chi connectivity index (χ4n) is 4.01. The van der Waals surface area contributed by atoms with E-state index in [0.717, 1.165) is 43.2 Å². The van der Waals surface area contributed by atoms with Crippen LogP contribution in [0, 0.1) is 6.92 Å².